The molecule has 11 nitrogen and oxygen atoms in total. The van der Waals surface area contributed by atoms with E-state index in [1.54, 1.807) is 6.07 Å². The number of hydrogen-bond donors (Lipinski definition) is 4. The van der Waals surface area contributed by atoms with Crippen LogP contribution in [0.25, 0.3) is 0 Å². The van der Waals surface area contributed by atoms with Gasteiger partial charge in [0, 0.05) is 35.3 Å². The first kappa shape index (κ1) is 25.2. The van der Waals surface area contributed by atoms with Crippen LogP contribution >= 0.6 is 0 Å². The van der Waals surface area contributed by atoms with Crippen molar-refractivity contribution in [2.75, 3.05) is 11.9 Å². The number of hydrogen-bond acceptors (Lipinski definition) is 9. The molecule has 0 amide bonds. The van der Waals surface area contributed by atoms with Crippen LogP contribution in [0.15, 0.2) is 18.5 Å². The molecule has 0 saturated heterocycles. The van der Waals surface area contributed by atoms with Crippen molar-refractivity contribution in [3.63, 3.8) is 0 Å². The topological polar surface area (TPSA) is 170 Å². The van der Waals surface area contributed by atoms with E-state index in [1.807, 2.05) is 39.3 Å². The van der Waals surface area contributed by atoms with Gasteiger partial charge in [-0.1, -0.05) is 0 Å². The van der Waals surface area contributed by atoms with Gasteiger partial charge in [-0.15, -0.1) is 0 Å². The molecule has 1 saturated carbocycles. The molecule has 0 aliphatic heterocycles. The van der Waals surface area contributed by atoms with Crippen molar-refractivity contribution in [1.29, 1.82) is 0 Å². The molecule has 0 aromatic carbocycles. The molecule has 0 radical (unpaired) electrons. The van der Waals surface area contributed by atoms with Crippen molar-refractivity contribution in [2.45, 2.75) is 64.8 Å². The lowest BCUT2D eigenvalue weighted by Crippen LogP contribution is -2.36. The second-order valence-electron chi connectivity index (χ2n) is 9.40. The lowest BCUT2D eigenvalue weighted by molar-refractivity contribution is 0.00781. The van der Waals surface area contributed by atoms with Crippen LogP contribution in [0.5, 0.6) is 0 Å². The van der Waals surface area contributed by atoms with Gasteiger partial charge in [0.25, 0.3) is 0 Å². The minimum atomic E-state index is -4.17. The summed E-state index contributed by atoms with van der Waals surface area (Å²) in [6, 6.07) is 0.946. The Morgan fingerprint density at radius 3 is 2.55 bits per heavy atom. The van der Waals surface area contributed by atoms with Crippen LogP contribution in [0.1, 0.15) is 54.5 Å². The number of aromatic nitrogens is 3. The van der Waals surface area contributed by atoms with E-state index in [0.29, 0.717) is 11.4 Å². The molecule has 1 aliphatic carbocycles. The molecule has 33 heavy (non-hydrogen) atoms. The molecule has 0 unspecified atom stereocenters. The van der Waals surface area contributed by atoms with Crippen molar-refractivity contribution < 1.29 is 27.6 Å². The molecule has 2 aromatic heterocycles. The third-order valence-corrected chi connectivity index (χ3v) is 6.39. The third kappa shape index (κ3) is 5.41. The van der Waals surface area contributed by atoms with E-state index < -0.39 is 34.5 Å². The zero-order valence-electron chi connectivity index (χ0n) is 19.3. The number of nitrogens with zero attached hydrogens (tertiary/aromatic N) is 3. The van der Waals surface area contributed by atoms with Gasteiger partial charge in [-0.2, -0.15) is 13.5 Å². The number of anilines is 1. The number of aliphatic hydroxyl groups is 2. The first-order chi connectivity index (χ1) is 15.2. The lowest BCUT2D eigenvalue weighted by atomic mass is 10.0. The van der Waals surface area contributed by atoms with Crippen molar-refractivity contribution >= 4 is 21.8 Å². The second-order valence-corrected chi connectivity index (χ2v) is 10.6. The molecule has 0 bridgehead atoms. The summed E-state index contributed by atoms with van der Waals surface area (Å²) < 4.78 is 28.5. The highest BCUT2D eigenvalue weighted by Gasteiger charge is 2.42. The molecule has 1 fully saturated rings. The van der Waals surface area contributed by atoms with Crippen molar-refractivity contribution in [2.24, 2.45) is 11.1 Å². The highest BCUT2D eigenvalue weighted by atomic mass is 32.2. The maximum absolute atomic E-state index is 13.4. The third-order valence-electron chi connectivity index (χ3n) is 5.92. The number of carbonyl (C=O) groups is 1. The van der Waals surface area contributed by atoms with Crippen LogP contribution in [0.4, 0.5) is 5.69 Å². The van der Waals surface area contributed by atoms with Gasteiger partial charge in [-0.05, 0) is 47.1 Å². The largest absolute Gasteiger partial charge is 0.390 e. The molecule has 4 atom stereocenters. The van der Waals surface area contributed by atoms with E-state index in [9.17, 15) is 23.4 Å². The zero-order chi connectivity index (χ0) is 24.7. The quantitative estimate of drug-likeness (QED) is 0.414. The number of aliphatic hydroxyl groups excluding tert-OH is 2. The minimum Gasteiger partial charge on any atom is -0.390 e. The molecular formula is C21H31N5O6S. The Labute approximate surface area is 193 Å². The summed E-state index contributed by atoms with van der Waals surface area (Å²) in [6.07, 6.45) is 0.695. The van der Waals surface area contributed by atoms with E-state index in [1.165, 1.54) is 12.4 Å². The maximum atomic E-state index is 13.4. The Balaban J connectivity index is 1.85. The van der Waals surface area contributed by atoms with Crippen LogP contribution in [0, 0.1) is 19.8 Å². The summed E-state index contributed by atoms with van der Waals surface area (Å²) in [4.78, 5) is 17.5. The monoisotopic (exact) mass is 481 g/mol. The first-order valence-corrected chi connectivity index (χ1v) is 12.0. The molecule has 5 N–H and O–H groups in total. The van der Waals surface area contributed by atoms with Crippen molar-refractivity contribution in [3.05, 3.63) is 41.0 Å². The van der Waals surface area contributed by atoms with E-state index in [-0.39, 0.29) is 29.9 Å². The summed E-state index contributed by atoms with van der Waals surface area (Å²) in [5, 5.41) is 33.3. The summed E-state index contributed by atoms with van der Waals surface area (Å²) in [6.45, 7) is 9.39. The molecule has 3 rings (SSSR count). The molecule has 12 heteroatoms. The molecule has 0 spiro atoms. The Morgan fingerprint density at radius 1 is 1.30 bits per heavy atom. The van der Waals surface area contributed by atoms with Crippen LogP contribution in [0.3, 0.4) is 0 Å². The van der Waals surface area contributed by atoms with Crippen molar-refractivity contribution in [1.82, 2.24) is 14.8 Å². The normalized spacial score (nSPS) is 23.6. The standard InChI is InChI=1S/C21H31N5O6S/c1-11-12(2)26(21(3,4)5)25-17(11)19(28)14-9-23-7-6-15(14)24-16-8-13(18(27)20(16)29)10-32-33(22,30)31/h6-7,9,13,16,18,20,27,29H,8,10H2,1-5H3,(H,23,24)(H2,22,30,31)/t13-,16-,18-,20+/m1/s1. The highest BCUT2D eigenvalue weighted by Crippen LogP contribution is 2.31. The Kier molecular flexibility index (Phi) is 6.97. The average molecular weight is 482 g/mol. The second kappa shape index (κ2) is 9.11. The molecular weight excluding hydrogens is 450 g/mol. The van der Waals surface area contributed by atoms with Crippen LogP contribution in [-0.2, 0) is 20.0 Å². The fourth-order valence-electron chi connectivity index (χ4n) is 4.09. The first-order valence-electron chi connectivity index (χ1n) is 10.6. The number of nitrogens with one attached hydrogen (secondary N) is 1. The molecule has 1 aliphatic rings. The van der Waals surface area contributed by atoms with E-state index in [2.05, 4.69) is 19.6 Å². The Hall–Kier alpha value is -2.38. The summed E-state index contributed by atoms with van der Waals surface area (Å²) in [5.41, 5.74) is 2.34. The number of nitrogens with two attached hydrogens (primary N) is 1. The van der Waals surface area contributed by atoms with Gasteiger partial charge in [0.05, 0.1) is 29.9 Å². The number of rotatable bonds is 7. The van der Waals surface area contributed by atoms with Gasteiger partial charge in [0.15, 0.2) is 0 Å². The van der Waals surface area contributed by atoms with Gasteiger partial charge in [0.2, 0.25) is 5.78 Å². The van der Waals surface area contributed by atoms with Gasteiger partial charge >= 0.3 is 10.3 Å². The predicted molar refractivity (Wildman–Crippen MR) is 121 cm³/mol. The van der Waals surface area contributed by atoms with Gasteiger partial charge < -0.3 is 15.5 Å². The highest BCUT2D eigenvalue weighted by molar-refractivity contribution is 7.84. The average Bonchev–Trinajstić information content (AvgIpc) is 3.16. The predicted octanol–water partition coefficient (Wildman–Crippen LogP) is 0.623. The summed E-state index contributed by atoms with van der Waals surface area (Å²) in [7, 11) is -4.17. The zero-order valence-corrected chi connectivity index (χ0v) is 20.1. The molecule has 182 valence electrons. The Morgan fingerprint density at radius 2 is 1.97 bits per heavy atom. The van der Waals surface area contributed by atoms with Crippen LogP contribution in [0.2, 0.25) is 0 Å². The minimum absolute atomic E-state index is 0.199. The summed E-state index contributed by atoms with van der Waals surface area (Å²) in [5.74, 6) is -0.986. The number of ketones is 1. The van der Waals surface area contributed by atoms with Gasteiger partial charge in [-0.25, -0.2) is 5.14 Å². The van der Waals surface area contributed by atoms with Gasteiger partial charge in [-0.3, -0.25) is 18.6 Å². The molecule has 2 heterocycles. The van der Waals surface area contributed by atoms with E-state index in [4.69, 9.17) is 5.14 Å². The van der Waals surface area contributed by atoms with Crippen LogP contribution < -0.4 is 10.5 Å². The summed E-state index contributed by atoms with van der Waals surface area (Å²) >= 11 is 0. The molecule has 2 aromatic rings. The fourth-order valence-corrected chi connectivity index (χ4v) is 4.46. The Bertz CT molecular complexity index is 1140. The fraction of sp³-hybridized carbons (Fsp3) is 0.571. The number of carbonyl (C=O) groups excluding carboxylic acids is 1. The SMILES string of the molecule is Cc1c(C(=O)c2cnccc2N[C@@H]2C[C@H](COS(N)(=O)=O)[C@@H](O)[C@H]2O)nn(C(C)(C)C)c1C. The lowest BCUT2D eigenvalue weighted by Gasteiger charge is -2.21. The number of pyridine rings is 1. The van der Waals surface area contributed by atoms with Gasteiger partial charge in [0.1, 0.15) is 11.8 Å². The smallest absolute Gasteiger partial charge is 0.333 e. The van der Waals surface area contributed by atoms with E-state index >= 15 is 0 Å². The van der Waals surface area contributed by atoms with Crippen LogP contribution in [-0.4, -0.2) is 64.0 Å². The maximum Gasteiger partial charge on any atom is 0.333 e. The van der Waals surface area contributed by atoms with Crippen molar-refractivity contribution in [3.8, 4) is 0 Å². The van der Waals surface area contributed by atoms with E-state index in [0.717, 1.165) is 11.3 Å².